The van der Waals surface area contributed by atoms with E-state index in [4.69, 9.17) is 4.42 Å². The third kappa shape index (κ3) is 3.54. The Hall–Kier alpha value is -4.82. The molecule has 15 heteroatoms. The third-order valence-electron chi connectivity index (χ3n) is 3.66. The van der Waals surface area contributed by atoms with Crippen LogP contribution in [0.5, 0.6) is 0 Å². The van der Waals surface area contributed by atoms with Gasteiger partial charge in [-0.25, -0.2) is 0 Å². The van der Waals surface area contributed by atoms with Gasteiger partial charge in [0.15, 0.2) is 0 Å². The molecule has 0 N–H and O–H groups in total. The van der Waals surface area contributed by atoms with Crippen molar-refractivity contribution in [1.82, 2.24) is 10.2 Å². The van der Waals surface area contributed by atoms with E-state index in [2.05, 4.69) is 10.2 Å². The Morgan fingerprint density at radius 1 is 0.586 bits per heavy atom. The molecule has 29 heavy (non-hydrogen) atoms. The standard InChI is InChI=1S/C14H6N6O9/c21-17(22)9-3-1-7(5-11(9)19(25)26)13-15-16-14(29-13)8-2-4-10(18(23)24)12(6-8)20(27)28/h1-6H. The summed E-state index contributed by atoms with van der Waals surface area (Å²) in [5, 5.41) is 51.1. The van der Waals surface area contributed by atoms with Crippen molar-refractivity contribution in [2.45, 2.75) is 0 Å². The predicted molar refractivity (Wildman–Crippen MR) is 91.8 cm³/mol. The highest BCUT2D eigenvalue weighted by molar-refractivity contribution is 5.68. The van der Waals surface area contributed by atoms with Crippen molar-refractivity contribution in [3.8, 4) is 22.9 Å². The number of aromatic nitrogens is 2. The monoisotopic (exact) mass is 402 g/mol. The molecule has 0 saturated heterocycles. The number of nitrogens with zero attached hydrogens (tertiary/aromatic N) is 6. The molecule has 0 unspecified atom stereocenters. The SMILES string of the molecule is O=[N+]([O-])c1ccc(-c2nnc(-c3ccc([N+](=O)[O-])c([N+](=O)[O-])c3)o2)cc1[N+](=O)[O-]. The zero-order chi connectivity index (χ0) is 21.3. The summed E-state index contributed by atoms with van der Waals surface area (Å²) in [6.07, 6.45) is 0. The molecule has 0 saturated carbocycles. The van der Waals surface area contributed by atoms with E-state index >= 15 is 0 Å². The van der Waals surface area contributed by atoms with E-state index in [0.717, 1.165) is 36.4 Å². The second kappa shape index (κ2) is 7.06. The van der Waals surface area contributed by atoms with Crippen LogP contribution in [0.1, 0.15) is 0 Å². The number of hydrogen-bond donors (Lipinski definition) is 0. The van der Waals surface area contributed by atoms with Gasteiger partial charge in [-0.3, -0.25) is 40.5 Å². The third-order valence-corrected chi connectivity index (χ3v) is 3.66. The average Bonchev–Trinajstić information content (AvgIpc) is 3.17. The Kier molecular flexibility index (Phi) is 4.62. The first-order valence-electron chi connectivity index (χ1n) is 7.39. The van der Waals surface area contributed by atoms with Crippen molar-refractivity contribution in [3.05, 3.63) is 76.9 Å². The quantitative estimate of drug-likeness (QED) is 0.431. The smallest absolute Gasteiger partial charge is 0.346 e. The van der Waals surface area contributed by atoms with Gasteiger partial charge in [-0.15, -0.1) is 10.2 Å². The number of nitro groups is 4. The lowest BCUT2D eigenvalue weighted by Crippen LogP contribution is -1.96. The summed E-state index contributed by atoms with van der Waals surface area (Å²) in [4.78, 5) is 40.1. The van der Waals surface area contributed by atoms with Gasteiger partial charge in [0.2, 0.25) is 11.8 Å². The van der Waals surface area contributed by atoms with Crippen LogP contribution >= 0.6 is 0 Å². The molecule has 0 bridgehead atoms. The number of benzene rings is 2. The van der Waals surface area contributed by atoms with Crippen LogP contribution in [0.4, 0.5) is 22.7 Å². The Morgan fingerprint density at radius 2 is 0.931 bits per heavy atom. The highest BCUT2D eigenvalue weighted by atomic mass is 16.6. The summed E-state index contributed by atoms with van der Waals surface area (Å²) in [5.41, 5.74) is -3.06. The largest absolute Gasteiger partial charge is 0.416 e. The fourth-order valence-corrected chi connectivity index (χ4v) is 2.37. The lowest BCUT2D eigenvalue weighted by Gasteiger charge is -1.98. The molecule has 146 valence electrons. The second-order valence-electron chi connectivity index (χ2n) is 5.35. The van der Waals surface area contributed by atoms with E-state index in [1.54, 1.807) is 0 Å². The van der Waals surface area contributed by atoms with Gasteiger partial charge >= 0.3 is 22.7 Å². The molecular weight excluding hydrogens is 396 g/mol. The maximum Gasteiger partial charge on any atom is 0.346 e. The first-order chi connectivity index (χ1) is 13.7. The van der Waals surface area contributed by atoms with Crippen LogP contribution in [0.25, 0.3) is 22.9 Å². The van der Waals surface area contributed by atoms with Gasteiger partial charge in [-0.2, -0.15) is 0 Å². The lowest BCUT2D eigenvalue weighted by molar-refractivity contribution is -0.422. The molecule has 0 aliphatic carbocycles. The second-order valence-corrected chi connectivity index (χ2v) is 5.35. The highest BCUT2D eigenvalue weighted by Gasteiger charge is 2.27. The van der Waals surface area contributed by atoms with E-state index in [-0.39, 0.29) is 22.9 Å². The number of rotatable bonds is 6. The van der Waals surface area contributed by atoms with Crippen molar-refractivity contribution in [1.29, 1.82) is 0 Å². The minimum Gasteiger partial charge on any atom is -0.416 e. The zero-order valence-electron chi connectivity index (χ0n) is 13.8. The van der Waals surface area contributed by atoms with Crippen molar-refractivity contribution < 1.29 is 24.1 Å². The van der Waals surface area contributed by atoms with Gasteiger partial charge in [-0.1, -0.05) is 0 Å². The molecule has 2 aromatic carbocycles. The fourth-order valence-electron chi connectivity index (χ4n) is 2.37. The first-order valence-corrected chi connectivity index (χ1v) is 7.39. The molecule has 0 atom stereocenters. The molecule has 3 rings (SSSR count). The topological polar surface area (TPSA) is 211 Å². The van der Waals surface area contributed by atoms with Gasteiger partial charge in [0, 0.05) is 35.4 Å². The zero-order valence-corrected chi connectivity index (χ0v) is 13.8. The van der Waals surface area contributed by atoms with Crippen LogP contribution in [-0.4, -0.2) is 29.9 Å². The van der Waals surface area contributed by atoms with Gasteiger partial charge < -0.3 is 4.42 Å². The predicted octanol–water partition coefficient (Wildman–Crippen LogP) is 3.04. The molecule has 0 amide bonds. The molecule has 0 aliphatic heterocycles. The van der Waals surface area contributed by atoms with E-state index in [1.165, 1.54) is 0 Å². The minimum absolute atomic E-state index is 0.00235. The van der Waals surface area contributed by atoms with Crippen LogP contribution in [0.2, 0.25) is 0 Å². The maximum atomic E-state index is 11.0. The molecule has 1 aromatic heterocycles. The lowest BCUT2D eigenvalue weighted by atomic mass is 10.1. The van der Waals surface area contributed by atoms with Crippen LogP contribution in [0, 0.1) is 40.5 Å². The minimum atomic E-state index is -0.946. The Morgan fingerprint density at radius 3 is 1.24 bits per heavy atom. The van der Waals surface area contributed by atoms with Crippen LogP contribution in [0.15, 0.2) is 40.8 Å². The summed E-state index contributed by atoms with van der Waals surface area (Å²) >= 11 is 0. The van der Waals surface area contributed by atoms with Crippen LogP contribution in [0.3, 0.4) is 0 Å². The van der Waals surface area contributed by atoms with Crippen molar-refractivity contribution >= 4 is 22.7 Å². The summed E-state index contributed by atoms with van der Waals surface area (Å²) in [6.45, 7) is 0. The normalized spacial score (nSPS) is 10.5. The van der Waals surface area contributed by atoms with Gasteiger partial charge in [0.1, 0.15) is 0 Å². The van der Waals surface area contributed by atoms with E-state index in [1.807, 2.05) is 0 Å². The molecule has 3 aromatic rings. The number of hydrogen-bond acceptors (Lipinski definition) is 11. The molecule has 0 aliphatic rings. The Labute approximate surface area is 157 Å². The molecule has 15 nitrogen and oxygen atoms in total. The summed E-state index contributed by atoms with van der Waals surface area (Å²) in [6, 6.07) is 5.84. The molecule has 0 fully saturated rings. The average molecular weight is 402 g/mol. The Bertz CT molecular complexity index is 1100. The highest BCUT2D eigenvalue weighted by Crippen LogP contribution is 2.34. The van der Waals surface area contributed by atoms with Crippen molar-refractivity contribution in [2.24, 2.45) is 0 Å². The van der Waals surface area contributed by atoms with E-state index in [9.17, 15) is 40.5 Å². The molecular formula is C14H6N6O9. The first kappa shape index (κ1) is 19.0. The fraction of sp³-hybridized carbons (Fsp3) is 0. The van der Waals surface area contributed by atoms with Gasteiger partial charge in [-0.05, 0) is 12.1 Å². The molecule has 1 heterocycles. The van der Waals surface area contributed by atoms with Crippen LogP contribution < -0.4 is 0 Å². The molecule has 0 radical (unpaired) electrons. The molecule has 0 spiro atoms. The van der Waals surface area contributed by atoms with E-state index < -0.39 is 42.4 Å². The number of nitro benzene ring substituents is 4. The van der Waals surface area contributed by atoms with Gasteiger partial charge in [0.05, 0.1) is 19.7 Å². The maximum absolute atomic E-state index is 11.0. The van der Waals surface area contributed by atoms with Crippen molar-refractivity contribution in [3.63, 3.8) is 0 Å². The van der Waals surface area contributed by atoms with Crippen LogP contribution in [-0.2, 0) is 0 Å². The van der Waals surface area contributed by atoms with Crippen molar-refractivity contribution in [2.75, 3.05) is 0 Å². The Balaban J connectivity index is 2.04. The summed E-state index contributed by atoms with van der Waals surface area (Å²) < 4.78 is 5.32. The summed E-state index contributed by atoms with van der Waals surface area (Å²) in [7, 11) is 0. The van der Waals surface area contributed by atoms with E-state index in [0.29, 0.717) is 0 Å². The summed E-state index contributed by atoms with van der Waals surface area (Å²) in [5.74, 6) is -0.502. The van der Waals surface area contributed by atoms with Gasteiger partial charge in [0.25, 0.3) is 0 Å².